The molecule has 28 heavy (non-hydrogen) atoms. The van der Waals surface area contributed by atoms with Crippen LogP contribution in [0, 0.1) is 24.7 Å². The maximum absolute atomic E-state index is 14.3. The number of carbonyl (C=O) groups is 1. The van der Waals surface area contributed by atoms with Crippen LogP contribution in [0.15, 0.2) is 30.3 Å². The van der Waals surface area contributed by atoms with Gasteiger partial charge in [0, 0.05) is 36.0 Å². The summed E-state index contributed by atoms with van der Waals surface area (Å²) in [6, 6.07) is 8.49. The Balaban J connectivity index is 1.64. The second-order valence-electron chi connectivity index (χ2n) is 6.76. The number of benzene rings is 1. The number of ether oxygens (including phenoxy) is 1. The molecule has 3 aromatic rings. The zero-order valence-electron chi connectivity index (χ0n) is 15.6. The Labute approximate surface area is 161 Å². The molecule has 1 aliphatic rings. The normalized spacial score (nSPS) is 13.2. The molecule has 1 N–H and O–H groups in total. The molecule has 1 amide bonds. The summed E-state index contributed by atoms with van der Waals surface area (Å²) < 4.78 is 20.3. The lowest BCUT2D eigenvalue weighted by Crippen LogP contribution is -2.14. The third-order valence-electron chi connectivity index (χ3n) is 4.48. The Bertz CT molecular complexity index is 1110. The molecule has 0 bridgehead atoms. The molecule has 7 heteroatoms. The Morgan fingerprint density at radius 3 is 2.79 bits per heavy atom. The highest BCUT2D eigenvalue weighted by Crippen LogP contribution is 2.42. The fourth-order valence-electron chi connectivity index (χ4n) is 3.01. The van der Waals surface area contributed by atoms with Crippen molar-refractivity contribution in [1.82, 2.24) is 14.6 Å². The number of hydrogen-bond acceptors (Lipinski definition) is 4. The van der Waals surface area contributed by atoms with E-state index in [-0.39, 0.29) is 17.5 Å². The molecule has 1 aliphatic carbocycles. The van der Waals surface area contributed by atoms with E-state index in [2.05, 4.69) is 27.2 Å². The number of amides is 1. The first kappa shape index (κ1) is 18.1. The highest BCUT2D eigenvalue weighted by molar-refractivity contribution is 6.09. The van der Waals surface area contributed by atoms with E-state index in [0.29, 0.717) is 29.2 Å². The summed E-state index contributed by atoms with van der Waals surface area (Å²) in [6.07, 6.45) is 1.89. The summed E-state index contributed by atoms with van der Waals surface area (Å²) in [4.78, 5) is 17.3. The molecule has 1 fully saturated rings. The number of halogens is 1. The number of carbonyl (C=O) groups excluding carboxylic acids is 1. The first-order valence-corrected chi connectivity index (χ1v) is 9.02. The van der Waals surface area contributed by atoms with Gasteiger partial charge in [0.15, 0.2) is 5.65 Å². The second kappa shape index (κ2) is 7.41. The highest BCUT2D eigenvalue weighted by Gasteiger charge is 2.34. The van der Waals surface area contributed by atoms with Gasteiger partial charge < -0.3 is 10.1 Å². The van der Waals surface area contributed by atoms with Gasteiger partial charge in [-0.15, -0.1) is 0 Å². The van der Waals surface area contributed by atoms with Crippen molar-refractivity contribution < 1.29 is 13.9 Å². The van der Waals surface area contributed by atoms with Crippen LogP contribution in [0.25, 0.3) is 5.65 Å². The largest absolute Gasteiger partial charge is 0.372 e. The lowest BCUT2D eigenvalue weighted by molar-refractivity contribution is 0.102. The average Bonchev–Trinajstić information content (AvgIpc) is 3.44. The molecule has 0 aliphatic heterocycles. The maximum Gasteiger partial charge on any atom is 0.261 e. The molecular weight excluding hydrogens is 359 g/mol. The van der Waals surface area contributed by atoms with Gasteiger partial charge in [0.05, 0.1) is 5.69 Å². The van der Waals surface area contributed by atoms with Crippen molar-refractivity contribution in [2.45, 2.75) is 25.7 Å². The van der Waals surface area contributed by atoms with Crippen molar-refractivity contribution >= 4 is 17.2 Å². The summed E-state index contributed by atoms with van der Waals surface area (Å²) in [5.41, 5.74) is 3.14. The van der Waals surface area contributed by atoms with Crippen molar-refractivity contribution in [3.05, 3.63) is 58.8 Å². The number of anilines is 1. The van der Waals surface area contributed by atoms with Gasteiger partial charge in [0.2, 0.25) is 5.95 Å². The van der Waals surface area contributed by atoms with Crippen LogP contribution in [0.2, 0.25) is 0 Å². The fourth-order valence-corrected chi connectivity index (χ4v) is 3.01. The molecule has 142 valence electrons. The summed E-state index contributed by atoms with van der Waals surface area (Å²) in [5.74, 6) is 5.16. The van der Waals surface area contributed by atoms with Crippen LogP contribution < -0.4 is 5.32 Å². The zero-order valence-corrected chi connectivity index (χ0v) is 15.6. The third-order valence-corrected chi connectivity index (χ3v) is 4.48. The van der Waals surface area contributed by atoms with E-state index in [1.54, 1.807) is 26.2 Å². The molecule has 0 unspecified atom stereocenters. The number of rotatable bonds is 4. The van der Waals surface area contributed by atoms with Crippen molar-refractivity contribution in [3.8, 4) is 11.8 Å². The topological polar surface area (TPSA) is 68.5 Å². The first-order valence-electron chi connectivity index (χ1n) is 9.02. The minimum atomic E-state index is -0.526. The standard InChI is InChI=1S/C21H19FN4O2/c1-13-12-17(22)26-20(23-13)18(19(25-26)15-7-8-15)21(27)24-16-9-5-14(6-10-16)4-3-11-28-2/h5-6,9-10,12,15H,7-8,11H2,1-2H3,(H,24,27). The smallest absolute Gasteiger partial charge is 0.261 e. The van der Waals surface area contributed by atoms with Gasteiger partial charge in [-0.25, -0.2) is 4.98 Å². The lowest BCUT2D eigenvalue weighted by Gasteiger charge is -2.06. The number of hydrogen-bond donors (Lipinski definition) is 1. The molecule has 1 saturated carbocycles. The lowest BCUT2D eigenvalue weighted by atomic mass is 10.1. The predicted molar refractivity (Wildman–Crippen MR) is 103 cm³/mol. The van der Waals surface area contributed by atoms with Gasteiger partial charge in [-0.05, 0) is 44.0 Å². The molecule has 1 aromatic carbocycles. The van der Waals surface area contributed by atoms with E-state index < -0.39 is 5.95 Å². The average molecular weight is 378 g/mol. The quantitative estimate of drug-likeness (QED) is 0.559. The molecule has 2 heterocycles. The van der Waals surface area contributed by atoms with Gasteiger partial charge >= 0.3 is 0 Å². The molecule has 0 spiro atoms. The Hall–Kier alpha value is -3.24. The monoisotopic (exact) mass is 378 g/mol. The van der Waals surface area contributed by atoms with E-state index in [4.69, 9.17) is 4.74 Å². The Morgan fingerprint density at radius 2 is 2.11 bits per heavy atom. The van der Waals surface area contributed by atoms with E-state index in [0.717, 1.165) is 22.9 Å². The maximum atomic E-state index is 14.3. The van der Waals surface area contributed by atoms with Gasteiger partial charge in [-0.1, -0.05) is 11.8 Å². The fraction of sp³-hybridized carbons (Fsp3) is 0.286. The van der Waals surface area contributed by atoms with Crippen LogP contribution in [0.3, 0.4) is 0 Å². The second-order valence-corrected chi connectivity index (χ2v) is 6.76. The van der Waals surface area contributed by atoms with E-state index in [1.165, 1.54) is 6.07 Å². The van der Waals surface area contributed by atoms with E-state index in [9.17, 15) is 9.18 Å². The summed E-state index contributed by atoms with van der Waals surface area (Å²) in [5, 5.41) is 7.19. The SMILES string of the molecule is COCC#Cc1ccc(NC(=O)c2c(C3CC3)nn3c(F)cc(C)nc23)cc1. The van der Waals surface area contributed by atoms with Crippen molar-refractivity contribution in [3.63, 3.8) is 0 Å². The van der Waals surface area contributed by atoms with Crippen LogP contribution in [0.1, 0.15) is 46.1 Å². The zero-order chi connectivity index (χ0) is 19.7. The van der Waals surface area contributed by atoms with Crippen LogP contribution in [0.5, 0.6) is 0 Å². The van der Waals surface area contributed by atoms with Crippen LogP contribution in [0.4, 0.5) is 10.1 Å². The summed E-state index contributed by atoms with van der Waals surface area (Å²) >= 11 is 0. The Kier molecular flexibility index (Phi) is 4.80. The number of nitrogens with one attached hydrogen (secondary N) is 1. The minimum Gasteiger partial charge on any atom is -0.372 e. The van der Waals surface area contributed by atoms with Gasteiger partial charge in [0.25, 0.3) is 5.91 Å². The van der Waals surface area contributed by atoms with Crippen LogP contribution in [-0.2, 0) is 4.74 Å². The van der Waals surface area contributed by atoms with Crippen LogP contribution >= 0.6 is 0 Å². The van der Waals surface area contributed by atoms with Crippen molar-refractivity contribution in [2.24, 2.45) is 0 Å². The van der Waals surface area contributed by atoms with Crippen LogP contribution in [-0.4, -0.2) is 34.2 Å². The molecule has 0 radical (unpaired) electrons. The van der Waals surface area contributed by atoms with Gasteiger partial charge in [-0.2, -0.15) is 14.0 Å². The van der Waals surface area contributed by atoms with Gasteiger partial charge in [-0.3, -0.25) is 4.79 Å². The Morgan fingerprint density at radius 1 is 1.36 bits per heavy atom. The predicted octanol–water partition coefficient (Wildman–Crippen LogP) is 3.30. The minimum absolute atomic E-state index is 0.181. The van der Waals surface area contributed by atoms with E-state index in [1.807, 2.05) is 12.1 Å². The van der Waals surface area contributed by atoms with E-state index >= 15 is 0 Å². The summed E-state index contributed by atoms with van der Waals surface area (Å²) in [7, 11) is 1.59. The molecule has 2 aromatic heterocycles. The molecular formula is C21H19FN4O2. The summed E-state index contributed by atoms with van der Waals surface area (Å²) in [6.45, 7) is 2.05. The number of methoxy groups -OCH3 is 1. The van der Waals surface area contributed by atoms with Crippen molar-refractivity contribution in [1.29, 1.82) is 0 Å². The third kappa shape index (κ3) is 3.59. The number of aryl methyl sites for hydroxylation is 1. The first-order chi connectivity index (χ1) is 13.6. The van der Waals surface area contributed by atoms with Gasteiger partial charge in [0.1, 0.15) is 12.2 Å². The number of aromatic nitrogens is 3. The molecule has 6 nitrogen and oxygen atoms in total. The number of fused-ring (bicyclic) bond motifs is 1. The molecule has 4 rings (SSSR count). The van der Waals surface area contributed by atoms with Crippen molar-refractivity contribution in [2.75, 3.05) is 19.0 Å². The molecule has 0 atom stereocenters. The number of nitrogens with zero attached hydrogens (tertiary/aromatic N) is 3. The highest BCUT2D eigenvalue weighted by atomic mass is 19.1. The molecule has 0 saturated heterocycles.